The molecule has 22 heavy (non-hydrogen) atoms. The Morgan fingerprint density at radius 2 is 1.55 bits per heavy atom. The van der Waals surface area contributed by atoms with E-state index in [2.05, 4.69) is 36.6 Å². The minimum absolute atomic E-state index is 0.126. The molecule has 0 radical (unpaired) electrons. The van der Waals surface area contributed by atoms with Crippen LogP contribution in [0.2, 0.25) is 0 Å². The summed E-state index contributed by atoms with van der Waals surface area (Å²) in [5.74, 6) is -0.294. The summed E-state index contributed by atoms with van der Waals surface area (Å²) >= 11 is 6.65. The van der Waals surface area contributed by atoms with Crippen LogP contribution in [0.15, 0.2) is 48.5 Å². The lowest BCUT2D eigenvalue weighted by molar-refractivity contribution is 0.0600. The summed E-state index contributed by atoms with van der Waals surface area (Å²) in [4.78, 5) is 11.0. The van der Waals surface area contributed by atoms with Gasteiger partial charge in [-0.2, -0.15) is 0 Å². The molecule has 0 heterocycles. The average Bonchev–Trinajstić information content (AvgIpc) is 2.61. The predicted octanol–water partition coefficient (Wildman–Crippen LogP) is 4.44. The third-order valence-corrected chi connectivity index (χ3v) is 4.13. The van der Waals surface area contributed by atoms with Crippen LogP contribution in [-0.2, 0) is 22.0 Å². The molecule has 1 N–H and O–H groups in total. The highest BCUT2D eigenvalue weighted by molar-refractivity contribution is 9.08. The molecule has 0 aliphatic rings. The zero-order valence-corrected chi connectivity index (χ0v) is 15.4. The molecule has 3 nitrogen and oxygen atoms in total. The summed E-state index contributed by atoms with van der Waals surface area (Å²) in [5, 5.41) is 10.3. The molecule has 0 spiro atoms. The van der Waals surface area contributed by atoms with Crippen molar-refractivity contribution >= 4 is 37.8 Å². The second-order valence-electron chi connectivity index (χ2n) is 4.44. The molecular weight excluding hydrogens is 412 g/mol. The Kier molecular flexibility index (Phi) is 9.04. The molecule has 0 unspecified atom stereocenters. The number of benzene rings is 2. The normalized spacial score (nSPS) is 9.64. The fraction of sp³-hybridized carbons (Fsp3) is 0.235. The Hall–Kier alpha value is -1.17. The molecule has 5 heteroatoms. The molecule has 0 aliphatic heterocycles. The summed E-state index contributed by atoms with van der Waals surface area (Å²) in [6.45, 7) is 0.126. The number of alkyl halides is 2. The molecule has 0 atom stereocenters. The van der Waals surface area contributed by atoms with Crippen molar-refractivity contribution in [2.24, 2.45) is 0 Å². The van der Waals surface area contributed by atoms with Crippen molar-refractivity contribution in [3.63, 3.8) is 0 Å². The number of halogens is 2. The first-order chi connectivity index (χ1) is 10.6. The Morgan fingerprint density at radius 3 is 2.09 bits per heavy atom. The first-order valence-corrected chi connectivity index (χ1v) is 8.86. The Balaban J connectivity index is 0.000000224. The molecule has 2 aromatic carbocycles. The molecule has 0 saturated heterocycles. The standard InChI is InChI=1S/C9H9BrO2.C8H9BrO/c1-12-9(11)8-4-2-3-7(5-8)6-10;9-5-7-2-1-3-8(4-7)6-10/h2-5H,6H2,1H3;1-4,10H,5-6H2. The Labute approximate surface area is 147 Å². The zero-order valence-electron chi connectivity index (χ0n) is 12.3. The first kappa shape index (κ1) is 18.9. The third kappa shape index (κ3) is 6.30. The van der Waals surface area contributed by atoms with E-state index in [9.17, 15) is 4.79 Å². The van der Waals surface area contributed by atoms with Gasteiger partial charge in [-0.25, -0.2) is 4.79 Å². The third-order valence-electron chi connectivity index (χ3n) is 2.83. The maximum atomic E-state index is 11.0. The largest absolute Gasteiger partial charge is 0.465 e. The highest BCUT2D eigenvalue weighted by atomic mass is 79.9. The highest BCUT2D eigenvalue weighted by Gasteiger charge is 2.04. The summed E-state index contributed by atoms with van der Waals surface area (Å²) in [6, 6.07) is 15.2. The van der Waals surface area contributed by atoms with Crippen LogP contribution in [0.1, 0.15) is 27.0 Å². The summed E-state index contributed by atoms with van der Waals surface area (Å²) in [5.41, 5.74) is 3.83. The van der Waals surface area contributed by atoms with Crippen molar-refractivity contribution in [3.05, 3.63) is 70.8 Å². The second kappa shape index (κ2) is 10.5. The number of rotatable bonds is 4. The van der Waals surface area contributed by atoms with E-state index in [0.29, 0.717) is 5.56 Å². The monoisotopic (exact) mass is 428 g/mol. The van der Waals surface area contributed by atoms with Crippen LogP contribution < -0.4 is 0 Å². The zero-order chi connectivity index (χ0) is 16.4. The summed E-state index contributed by atoms with van der Waals surface area (Å²) < 4.78 is 4.58. The SMILES string of the molecule is COC(=O)c1cccc(CBr)c1.OCc1cccc(CBr)c1. The van der Waals surface area contributed by atoms with Crippen molar-refractivity contribution in [1.82, 2.24) is 0 Å². The molecule has 0 aromatic heterocycles. The lowest BCUT2D eigenvalue weighted by Gasteiger charge is -2.00. The van der Waals surface area contributed by atoms with Gasteiger partial charge in [-0.15, -0.1) is 0 Å². The van der Waals surface area contributed by atoms with Crippen LogP contribution in [-0.4, -0.2) is 18.2 Å². The summed E-state index contributed by atoms with van der Waals surface area (Å²) in [7, 11) is 1.38. The van der Waals surface area contributed by atoms with E-state index < -0.39 is 0 Å². The van der Waals surface area contributed by atoms with Crippen LogP contribution in [0.5, 0.6) is 0 Å². The van der Waals surface area contributed by atoms with E-state index in [-0.39, 0.29) is 12.6 Å². The maximum Gasteiger partial charge on any atom is 0.337 e. The fourth-order valence-corrected chi connectivity index (χ4v) is 2.41. The van der Waals surface area contributed by atoms with Gasteiger partial charge >= 0.3 is 5.97 Å². The first-order valence-electron chi connectivity index (χ1n) is 6.62. The molecule has 0 aliphatic carbocycles. The van der Waals surface area contributed by atoms with Crippen molar-refractivity contribution in [1.29, 1.82) is 0 Å². The Morgan fingerprint density at radius 1 is 1.00 bits per heavy atom. The van der Waals surface area contributed by atoms with Gasteiger partial charge in [0.2, 0.25) is 0 Å². The number of aliphatic hydroxyl groups is 1. The number of esters is 1. The summed E-state index contributed by atoms with van der Waals surface area (Å²) in [6.07, 6.45) is 0. The van der Waals surface area contributed by atoms with Gasteiger partial charge in [0.25, 0.3) is 0 Å². The maximum absolute atomic E-state index is 11.0. The quantitative estimate of drug-likeness (QED) is 0.577. The van der Waals surface area contributed by atoms with Gasteiger partial charge < -0.3 is 9.84 Å². The molecule has 2 rings (SSSR count). The van der Waals surface area contributed by atoms with Crippen LogP contribution in [0.3, 0.4) is 0 Å². The van der Waals surface area contributed by atoms with Crippen LogP contribution in [0.4, 0.5) is 0 Å². The topological polar surface area (TPSA) is 46.5 Å². The molecule has 0 fully saturated rings. The smallest absolute Gasteiger partial charge is 0.337 e. The average molecular weight is 430 g/mol. The van der Waals surface area contributed by atoms with E-state index in [0.717, 1.165) is 21.8 Å². The number of ether oxygens (including phenoxy) is 1. The highest BCUT2D eigenvalue weighted by Crippen LogP contribution is 2.09. The number of hydrogen-bond donors (Lipinski definition) is 1. The van der Waals surface area contributed by atoms with Crippen LogP contribution >= 0.6 is 31.9 Å². The Bertz CT molecular complexity index is 581. The lowest BCUT2D eigenvalue weighted by Crippen LogP contribution is -2.00. The van der Waals surface area contributed by atoms with Gasteiger partial charge in [-0.1, -0.05) is 68.3 Å². The van der Waals surface area contributed by atoms with Gasteiger partial charge in [0.1, 0.15) is 0 Å². The van der Waals surface area contributed by atoms with Gasteiger partial charge in [0, 0.05) is 10.7 Å². The van der Waals surface area contributed by atoms with Crippen molar-refractivity contribution in [3.8, 4) is 0 Å². The number of methoxy groups -OCH3 is 1. The van der Waals surface area contributed by atoms with Crippen molar-refractivity contribution in [2.45, 2.75) is 17.3 Å². The number of carbonyl (C=O) groups excluding carboxylic acids is 1. The van der Waals surface area contributed by atoms with E-state index in [1.807, 2.05) is 36.4 Å². The van der Waals surface area contributed by atoms with E-state index in [1.165, 1.54) is 12.7 Å². The molecule has 0 bridgehead atoms. The minimum Gasteiger partial charge on any atom is -0.465 e. The van der Waals surface area contributed by atoms with Crippen LogP contribution in [0, 0.1) is 0 Å². The van der Waals surface area contributed by atoms with E-state index in [1.54, 1.807) is 12.1 Å². The van der Waals surface area contributed by atoms with Gasteiger partial charge in [-0.05, 0) is 28.8 Å². The molecule has 0 amide bonds. The van der Waals surface area contributed by atoms with Crippen molar-refractivity contribution < 1.29 is 14.6 Å². The van der Waals surface area contributed by atoms with Crippen molar-refractivity contribution in [2.75, 3.05) is 7.11 Å². The van der Waals surface area contributed by atoms with Crippen LogP contribution in [0.25, 0.3) is 0 Å². The molecule has 2 aromatic rings. The molecular formula is C17H18Br2O3. The number of hydrogen-bond acceptors (Lipinski definition) is 3. The lowest BCUT2D eigenvalue weighted by atomic mass is 10.1. The minimum atomic E-state index is -0.294. The number of aliphatic hydroxyl groups excluding tert-OH is 1. The molecule has 0 saturated carbocycles. The van der Waals surface area contributed by atoms with E-state index in [4.69, 9.17) is 5.11 Å². The predicted molar refractivity (Wildman–Crippen MR) is 95.4 cm³/mol. The van der Waals surface area contributed by atoms with Gasteiger partial charge in [0.05, 0.1) is 19.3 Å². The van der Waals surface area contributed by atoms with E-state index >= 15 is 0 Å². The van der Waals surface area contributed by atoms with Gasteiger partial charge in [-0.3, -0.25) is 0 Å². The number of carbonyl (C=O) groups is 1. The second-order valence-corrected chi connectivity index (χ2v) is 5.56. The molecule has 118 valence electrons. The van der Waals surface area contributed by atoms with Gasteiger partial charge in [0.15, 0.2) is 0 Å². The fourth-order valence-electron chi connectivity index (χ4n) is 1.71.